The number of anilines is 1. The first-order valence-electron chi connectivity index (χ1n) is 9.34. The molecule has 0 aromatic heterocycles. The van der Waals surface area contributed by atoms with Gasteiger partial charge in [-0.25, -0.2) is 4.79 Å². The number of ether oxygens (including phenoxy) is 1. The summed E-state index contributed by atoms with van der Waals surface area (Å²) in [6, 6.07) is 17.1. The molecular formula is C21H23N3O4. The summed E-state index contributed by atoms with van der Waals surface area (Å²) in [5, 5.41) is 8.72. The van der Waals surface area contributed by atoms with Gasteiger partial charge in [0.15, 0.2) is 0 Å². The highest BCUT2D eigenvalue weighted by Crippen LogP contribution is 2.36. The predicted molar refractivity (Wildman–Crippen MR) is 105 cm³/mol. The smallest absolute Gasteiger partial charge is 0.430 e. The average Bonchev–Trinajstić information content (AvgIpc) is 3.14. The third kappa shape index (κ3) is 4.09. The first-order valence-corrected chi connectivity index (χ1v) is 9.34. The molecule has 7 nitrogen and oxygen atoms in total. The van der Waals surface area contributed by atoms with E-state index in [2.05, 4.69) is 10.5 Å². The van der Waals surface area contributed by atoms with Crippen molar-refractivity contribution in [3.05, 3.63) is 60.2 Å². The number of amides is 1. The van der Waals surface area contributed by atoms with E-state index in [1.165, 1.54) is 0 Å². The van der Waals surface area contributed by atoms with Crippen molar-refractivity contribution >= 4 is 17.5 Å². The summed E-state index contributed by atoms with van der Waals surface area (Å²) in [6.07, 6.45) is 1.73. The summed E-state index contributed by atoms with van der Waals surface area (Å²) in [5.74, 6) is 0.800. The van der Waals surface area contributed by atoms with Crippen LogP contribution in [0, 0.1) is 0 Å². The van der Waals surface area contributed by atoms with Crippen molar-refractivity contribution in [1.29, 1.82) is 0 Å². The van der Waals surface area contributed by atoms with Crippen LogP contribution in [0.15, 0.2) is 59.8 Å². The molecule has 0 radical (unpaired) electrons. The van der Waals surface area contributed by atoms with Gasteiger partial charge >= 0.3 is 6.09 Å². The Kier molecular flexibility index (Phi) is 5.16. The van der Waals surface area contributed by atoms with Crippen LogP contribution in [0.1, 0.15) is 24.8 Å². The zero-order valence-corrected chi connectivity index (χ0v) is 15.8. The van der Waals surface area contributed by atoms with Crippen LogP contribution in [-0.4, -0.2) is 42.7 Å². The van der Waals surface area contributed by atoms with Crippen LogP contribution < -0.4 is 10.1 Å². The van der Waals surface area contributed by atoms with E-state index in [4.69, 9.17) is 14.4 Å². The number of para-hydroxylation sites is 1. The van der Waals surface area contributed by atoms with Gasteiger partial charge in [-0.3, -0.25) is 5.32 Å². The minimum absolute atomic E-state index is 0.325. The van der Waals surface area contributed by atoms with Gasteiger partial charge in [-0.1, -0.05) is 35.5 Å². The molecule has 0 unspecified atom stereocenters. The number of benzene rings is 2. The molecular weight excluding hydrogens is 358 g/mol. The van der Waals surface area contributed by atoms with Gasteiger partial charge in [-0.2, -0.15) is 0 Å². The van der Waals surface area contributed by atoms with E-state index in [0.29, 0.717) is 18.8 Å². The lowest BCUT2D eigenvalue weighted by Gasteiger charge is -2.35. The number of nitrogens with one attached hydrogen (secondary N) is 1. The Morgan fingerprint density at radius 3 is 2.68 bits per heavy atom. The van der Waals surface area contributed by atoms with E-state index >= 15 is 0 Å². The summed E-state index contributed by atoms with van der Waals surface area (Å²) < 4.78 is 5.29. The minimum atomic E-state index is -0.484. The molecule has 0 atom stereocenters. The largest absolute Gasteiger partial charge is 0.497 e. The van der Waals surface area contributed by atoms with Crippen molar-refractivity contribution in [2.75, 3.05) is 25.5 Å². The second-order valence-corrected chi connectivity index (χ2v) is 7.02. The fourth-order valence-electron chi connectivity index (χ4n) is 3.51. The van der Waals surface area contributed by atoms with E-state index in [1.54, 1.807) is 12.2 Å². The Hall–Kier alpha value is -3.06. The number of oxime groups is 1. The quantitative estimate of drug-likeness (QED) is 0.872. The molecule has 4 rings (SSSR count). The molecule has 1 N–H and O–H groups in total. The van der Waals surface area contributed by atoms with E-state index in [1.807, 2.05) is 54.6 Å². The summed E-state index contributed by atoms with van der Waals surface area (Å²) >= 11 is 0. The Morgan fingerprint density at radius 1 is 1.14 bits per heavy atom. The fourth-order valence-corrected chi connectivity index (χ4v) is 3.51. The highest BCUT2D eigenvalue weighted by atomic mass is 16.7. The summed E-state index contributed by atoms with van der Waals surface area (Å²) in [5.41, 5.74) is 2.32. The number of carbonyl (C=O) groups excluding carboxylic acids is 1. The van der Waals surface area contributed by atoms with Gasteiger partial charge in [0.1, 0.15) is 11.4 Å². The second kappa shape index (κ2) is 7.90. The van der Waals surface area contributed by atoms with Crippen molar-refractivity contribution in [1.82, 2.24) is 5.06 Å². The van der Waals surface area contributed by atoms with Gasteiger partial charge < -0.3 is 14.4 Å². The van der Waals surface area contributed by atoms with Crippen molar-refractivity contribution < 1.29 is 19.2 Å². The number of piperidine rings is 1. The van der Waals surface area contributed by atoms with Gasteiger partial charge in [0.2, 0.25) is 0 Å². The number of hydroxylamine groups is 2. The van der Waals surface area contributed by atoms with E-state index in [9.17, 15) is 4.79 Å². The number of hydrogen-bond acceptors (Lipinski definition) is 6. The average molecular weight is 381 g/mol. The van der Waals surface area contributed by atoms with Crippen LogP contribution >= 0.6 is 0 Å². The van der Waals surface area contributed by atoms with Crippen molar-refractivity contribution in [2.45, 2.75) is 24.9 Å². The number of carbonyl (C=O) groups is 1. The molecule has 0 bridgehead atoms. The van der Waals surface area contributed by atoms with Gasteiger partial charge in [0.05, 0.1) is 12.8 Å². The van der Waals surface area contributed by atoms with Crippen LogP contribution in [0.4, 0.5) is 10.5 Å². The predicted octanol–water partition coefficient (Wildman–Crippen LogP) is 3.82. The number of methoxy groups -OCH3 is 1. The Morgan fingerprint density at radius 2 is 1.93 bits per heavy atom. The zero-order chi connectivity index (χ0) is 19.4. The molecule has 1 spiro atoms. The molecule has 2 heterocycles. The van der Waals surface area contributed by atoms with Gasteiger partial charge in [0, 0.05) is 43.6 Å². The minimum Gasteiger partial charge on any atom is -0.497 e. The first kappa shape index (κ1) is 18.3. The zero-order valence-electron chi connectivity index (χ0n) is 15.8. The molecule has 1 saturated heterocycles. The molecule has 7 heteroatoms. The van der Waals surface area contributed by atoms with Crippen LogP contribution in [0.5, 0.6) is 5.75 Å². The molecule has 2 aromatic carbocycles. The van der Waals surface area contributed by atoms with Crippen LogP contribution in [0.3, 0.4) is 0 Å². The third-order valence-corrected chi connectivity index (χ3v) is 5.11. The Bertz CT molecular complexity index is 861. The van der Waals surface area contributed by atoms with E-state index in [0.717, 1.165) is 36.3 Å². The third-order valence-electron chi connectivity index (χ3n) is 5.11. The lowest BCUT2D eigenvalue weighted by Crippen LogP contribution is -2.45. The SMILES string of the molecule is COc1cccc(C2=NOC3(CCN(OC(=O)Nc4ccccc4)CC3)C2)c1. The van der Waals surface area contributed by atoms with Crippen LogP contribution in [0.2, 0.25) is 0 Å². The molecule has 146 valence electrons. The maximum absolute atomic E-state index is 12.1. The Balaban J connectivity index is 1.29. The van der Waals surface area contributed by atoms with Gasteiger partial charge in [-0.05, 0) is 24.3 Å². The van der Waals surface area contributed by atoms with Crippen LogP contribution in [-0.2, 0) is 9.68 Å². The summed E-state index contributed by atoms with van der Waals surface area (Å²) in [6.45, 7) is 1.20. The second-order valence-electron chi connectivity index (χ2n) is 7.02. The van der Waals surface area contributed by atoms with Crippen molar-refractivity contribution in [3.8, 4) is 5.75 Å². The standard InChI is InChI=1S/C21H23N3O4/c1-26-18-9-5-6-16(14-18)19-15-21(28-23-19)10-12-24(13-11-21)27-20(25)22-17-7-3-2-4-8-17/h2-9,14H,10-13,15H2,1H3,(H,22,25). The number of nitrogens with zero attached hydrogens (tertiary/aromatic N) is 2. The number of hydrogen-bond donors (Lipinski definition) is 1. The topological polar surface area (TPSA) is 72.4 Å². The number of rotatable bonds is 4. The molecule has 0 saturated carbocycles. The molecule has 1 fully saturated rings. The molecule has 1 amide bonds. The molecule has 2 aromatic rings. The van der Waals surface area contributed by atoms with Crippen molar-refractivity contribution in [2.24, 2.45) is 5.16 Å². The summed E-state index contributed by atoms with van der Waals surface area (Å²) in [7, 11) is 1.65. The Labute approximate surface area is 163 Å². The van der Waals surface area contributed by atoms with E-state index < -0.39 is 6.09 Å². The maximum atomic E-state index is 12.1. The highest BCUT2D eigenvalue weighted by molar-refractivity contribution is 6.02. The lowest BCUT2D eigenvalue weighted by atomic mass is 9.86. The van der Waals surface area contributed by atoms with Crippen LogP contribution in [0.25, 0.3) is 0 Å². The molecule has 2 aliphatic rings. The molecule has 28 heavy (non-hydrogen) atoms. The summed E-state index contributed by atoms with van der Waals surface area (Å²) in [4.78, 5) is 23.3. The van der Waals surface area contributed by atoms with Crippen molar-refractivity contribution in [3.63, 3.8) is 0 Å². The van der Waals surface area contributed by atoms with Gasteiger partial charge in [-0.15, -0.1) is 5.06 Å². The fraction of sp³-hybridized carbons (Fsp3) is 0.333. The highest BCUT2D eigenvalue weighted by Gasteiger charge is 2.43. The normalized spacial score (nSPS) is 18.2. The van der Waals surface area contributed by atoms with E-state index in [-0.39, 0.29) is 5.60 Å². The molecule has 0 aliphatic carbocycles. The first-order chi connectivity index (χ1) is 13.7. The lowest BCUT2D eigenvalue weighted by molar-refractivity contribution is -0.154. The van der Waals surface area contributed by atoms with Gasteiger partial charge in [0.25, 0.3) is 0 Å². The monoisotopic (exact) mass is 381 g/mol. The maximum Gasteiger partial charge on any atom is 0.430 e. The molecule has 2 aliphatic heterocycles.